The van der Waals surface area contributed by atoms with Crippen molar-refractivity contribution in [1.29, 1.82) is 0 Å². The predicted octanol–water partition coefficient (Wildman–Crippen LogP) is 1.31. The number of alkyl halides is 1. The van der Waals surface area contributed by atoms with Gasteiger partial charge in [0.1, 0.15) is 0 Å². The lowest BCUT2D eigenvalue weighted by Crippen LogP contribution is -2.39. The van der Waals surface area contributed by atoms with Gasteiger partial charge in [0.05, 0.1) is 0 Å². The fraction of sp³-hybridized carbons (Fsp3) is 0.750. The van der Waals surface area contributed by atoms with E-state index in [9.17, 15) is 9.59 Å². The minimum absolute atomic E-state index is 0.0219. The van der Waals surface area contributed by atoms with E-state index in [1.807, 2.05) is 6.92 Å². The summed E-state index contributed by atoms with van der Waals surface area (Å²) < 4.78 is 0. The molecule has 0 aromatic rings. The Morgan fingerprint density at radius 2 is 1.92 bits per heavy atom. The van der Waals surface area contributed by atoms with Gasteiger partial charge in [0.2, 0.25) is 11.8 Å². The lowest BCUT2D eigenvalue weighted by Gasteiger charge is -2.22. The minimum atomic E-state index is -0.0219. The lowest BCUT2D eigenvalue weighted by atomic mass is 10.2. The Labute approximate surface area is 80.2 Å². The van der Waals surface area contributed by atoms with Crippen molar-refractivity contribution < 1.29 is 9.59 Å². The molecule has 4 heteroatoms. The van der Waals surface area contributed by atoms with Crippen LogP contribution >= 0.6 is 15.9 Å². The van der Waals surface area contributed by atoms with Crippen molar-refractivity contribution >= 4 is 27.7 Å². The molecule has 0 N–H and O–H groups in total. The fourth-order valence-corrected chi connectivity index (χ4v) is 2.11. The van der Waals surface area contributed by atoms with Crippen molar-refractivity contribution in [2.24, 2.45) is 0 Å². The Kier molecular flexibility index (Phi) is 3.26. The van der Waals surface area contributed by atoms with Gasteiger partial charge in [-0.1, -0.05) is 22.9 Å². The molecule has 0 aromatic carbocycles. The summed E-state index contributed by atoms with van der Waals surface area (Å²) in [7, 11) is 0. The van der Waals surface area contributed by atoms with E-state index in [2.05, 4.69) is 15.9 Å². The molecule has 1 fully saturated rings. The quantitative estimate of drug-likeness (QED) is 0.545. The van der Waals surface area contributed by atoms with Crippen molar-refractivity contribution in [1.82, 2.24) is 4.90 Å². The van der Waals surface area contributed by atoms with E-state index < -0.39 is 0 Å². The summed E-state index contributed by atoms with van der Waals surface area (Å²) in [5, 5.41) is 0.682. The van der Waals surface area contributed by atoms with Gasteiger partial charge in [0, 0.05) is 24.2 Å². The zero-order chi connectivity index (χ0) is 9.14. The Hall–Kier alpha value is -0.380. The van der Waals surface area contributed by atoms with Crippen LogP contribution in [0.2, 0.25) is 0 Å². The summed E-state index contributed by atoms with van der Waals surface area (Å²) in [6.45, 7) is 1.98. The van der Waals surface area contributed by atoms with Crippen LogP contribution in [0.1, 0.15) is 26.2 Å². The molecule has 1 unspecified atom stereocenters. The molecule has 1 saturated heterocycles. The number of hydrogen-bond acceptors (Lipinski definition) is 2. The number of halogens is 1. The number of rotatable bonds is 3. The highest BCUT2D eigenvalue weighted by Gasteiger charge is 2.33. The normalized spacial score (nSPS) is 20.3. The molecule has 1 rings (SSSR count). The average Bonchev–Trinajstić information content (AvgIpc) is 2.38. The van der Waals surface area contributed by atoms with Crippen LogP contribution in [0.4, 0.5) is 0 Å². The van der Waals surface area contributed by atoms with Gasteiger partial charge in [-0.2, -0.15) is 0 Å². The molecule has 0 saturated carbocycles. The average molecular weight is 234 g/mol. The van der Waals surface area contributed by atoms with E-state index in [4.69, 9.17) is 0 Å². The lowest BCUT2D eigenvalue weighted by molar-refractivity contribution is -0.140. The fourth-order valence-electron chi connectivity index (χ4n) is 1.36. The maximum atomic E-state index is 11.2. The van der Waals surface area contributed by atoms with Crippen molar-refractivity contribution in [3.05, 3.63) is 0 Å². The van der Waals surface area contributed by atoms with Crippen LogP contribution in [0.15, 0.2) is 0 Å². The molecular formula is C8H12BrNO2. The zero-order valence-electron chi connectivity index (χ0n) is 7.05. The number of amides is 2. The largest absolute Gasteiger partial charge is 0.279 e. The van der Waals surface area contributed by atoms with Crippen LogP contribution in [0.5, 0.6) is 0 Å². The second kappa shape index (κ2) is 4.03. The third-order valence-electron chi connectivity index (χ3n) is 2.10. The Balaban J connectivity index is 2.70. The Morgan fingerprint density at radius 3 is 2.25 bits per heavy atom. The van der Waals surface area contributed by atoms with Crippen LogP contribution in [0.25, 0.3) is 0 Å². The van der Waals surface area contributed by atoms with Crippen molar-refractivity contribution in [3.63, 3.8) is 0 Å². The van der Waals surface area contributed by atoms with E-state index in [-0.39, 0.29) is 17.9 Å². The second-order valence-corrected chi connectivity index (χ2v) is 3.52. The number of hydrogen-bond donors (Lipinski definition) is 0. The highest BCUT2D eigenvalue weighted by molar-refractivity contribution is 9.09. The Bertz CT molecular complexity index is 185. The highest BCUT2D eigenvalue weighted by Crippen LogP contribution is 2.18. The van der Waals surface area contributed by atoms with Crippen LogP contribution in [0, 0.1) is 0 Å². The third-order valence-corrected chi connectivity index (χ3v) is 2.85. The molecule has 68 valence electrons. The number of likely N-dealkylation sites (tertiary alicyclic amines) is 1. The van der Waals surface area contributed by atoms with Gasteiger partial charge in [-0.05, 0) is 6.42 Å². The van der Waals surface area contributed by atoms with Gasteiger partial charge in [-0.3, -0.25) is 14.5 Å². The summed E-state index contributed by atoms with van der Waals surface area (Å²) in [6, 6.07) is 0.0486. The zero-order valence-corrected chi connectivity index (χ0v) is 8.63. The number of carbonyl (C=O) groups excluding carboxylic acids is 2. The molecular weight excluding hydrogens is 222 g/mol. The number of imide groups is 1. The molecule has 1 aliphatic rings. The maximum Gasteiger partial charge on any atom is 0.229 e. The van der Waals surface area contributed by atoms with Gasteiger partial charge >= 0.3 is 0 Å². The predicted molar refractivity (Wildman–Crippen MR) is 49.0 cm³/mol. The monoisotopic (exact) mass is 233 g/mol. The molecule has 1 heterocycles. The SMILES string of the molecule is CCC(CBr)N1C(=O)CCC1=O. The first-order chi connectivity index (χ1) is 5.70. The summed E-state index contributed by atoms with van der Waals surface area (Å²) in [4.78, 5) is 23.9. The molecule has 0 bridgehead atoms. The van der Waals surface area contributed by atoms with Crippen molar-refractivity contribution in [2.75, 3.05) is 5.33 Å². The highest BCUT2D eigenvalue weighted by atomic mass is 79.9. The molecule has 12 heavy (non-hydrogen) atoms. The molecule has 0 aliphatic carbocycles. The van der Waals surface area contributed by atoms with Gasteiger partial charge < -0.3 is 0 Å². The van der Waals surface area contributed by atoms with E-state index >= 15 is 0 Å². The maximum absolute atomic E-state index is 11.2. The minimum Gasteiger partial charge on any atom is -0.279 e. The van der Waals surface area contributed by atoms with Crippen LogP contribution in [0.3, 0.4) is 0 Å². The number of nitrogens with zero attached hydrogens (tertiary/aromatic N) is 1. The Morgan fingerprint density at radius 1 is 1.42 bits per heavy atom. The van der Waals surface area contributed by atoms with Crippen molar-refractivity contribution in [3.8, 4) is 0 Å². The van der Waals surface area contributed by atoms with E-state index in [0.29, 0.717) is 18.2 Å². The van der Waals surface area contributed by atoms with Gasteiger partial charge in [0.25, 0.3) is 0 Å². The molecule has 1 atom stereocenters. The first-order valence-corrected chi connectivity index (χ1v) is 5.23. The van der Waals surface area contributed by atoms with Crippen LogP contribution < -0.4 is 0 Å². The molecule has 1 aliphatic heterocycles. The first kappa shape index (κ1) is 9.71. The number of carbonyl (C=O) groups is 2. The summed E-state index contributed by atoms with van der Waals surface area (Å²) in [5.74, 6) is -0.0439. The third kappa shape index (κ3) is 1.68. The van der Waals surface area contributed by atoms with E-state index in [1.54, 1.807) is 0 Å². The smallest absolute Gasteiger partial charge is 0.229 e. The standard InChI is InChI=1S/C8H12BrNO2/c1-2-6(5-9)10-7(11)3-4-8(10)12/h6H,2-5H2,1H3. The summed E-state index contributed by atoms with van der Waals surface area (Å²) in [6.07, 6.45) is 1.60. The van der Waals surface area contributed by atoms with Crippen LogP contribution in [-0.4, -0.2) is 28.1 Å². The molecule has 0 radical (unpaired) electrons. The van der Waals surface area contributed by atoms with E-state index in [0.717, 1.165) is 6.42 Å². The second-order valence-electron chi connectivity index (χ2n) is 2.87. The first-order valence-electron chi connectivity index (χ1n) is 4.11. The molecule has 0 spiro atoms. The van der Waals surface area contributed by atoms with Gasteiger partial charge in [-0.15, -0.1) is 0 Å². The summed E-state index contributed by atoms with van der Waals surface area (Å²) >= 11 is 3.29. The molecule has 0 aromatic heterocycles. The van der Waals surface area contributed by atoms with Gasteiger partial charge in [-0.25, -0.2) is 0 Å². The van der Waals surface area contributed by atoms with E-state index in [1.165, 1.54) is 4.90 Å². The molecule has 2 amide bonds. The van der Waals surface area contributed by atoms with Crippen LogP contribution in [-0.2, 0) is 9.59 Å². The van der Waals surface area contributed by atoms with Crippen molar-refractivity contribution in [2.45, 2.75) is 32.2 Å². The summed E-state index contributed by atoms with van der Waals surface area (Å²) in [5.41, 5.74) is 0. The van der Waals surface area contributed by atoms with Gasteiger partial charge in [0.15, 0.2) is 0 Å². The topological polar surface area (TPSA) is 37.4 Å². The molecule has 3 nitrogen and oxygen atoms in total.